The quantitative estimate of drug-likeness (QED) is 0.118. The van der Waals surface area contributed by atoms with Crippen molar-refractivity contribution in [3.8, 4) is 17.2 Å². The molecule has 5 rings (SSSR count). The molecule has 0 fully saturated rings. The van der Waals surface area contributed by atoms with Gasteiger partial charge in [0.2, 0.25) is 0 Å². The summed E-state index contributed by atoms with van der Waals surface area (Å²) < 4.78 is 13.4. The van der Waals surface area contributed by atoms with Gasteiger partial charge in [0, 0.05) is 14.9 Å². The van der Waals surface area contributed by atoms with Crippen molar-refractivity contribution in [2.24, 2.45) is 5.10 Å². The van der Waals surface area contributed by atoms with Crippen molar-refractivity contribution in [1.82, 2.24) is 15.0 Å². The summed E-state index contributed by atoms with van der Waals surface area (Å²) in [5, 5.41) is 5.22. The summed E-state index contributed by atoms with van der Waals surface area (Å²) in [6, 6.07) is 12.9. The third-order valence-corrected chi connectivity index (χ3v) is 8.65. The second-order valence-corrected chi connectivity index (χ2v) is 11.4. The standard InChI is InChI=1S/C27H25BrN4O4S2/c1-3-36-19-10-8-18(9-11-19)32-26(34)24-20-5-4-6-22(20)38-25(24)30-27(32)37-15-23(33)31-29-14-16-13-17(28)7-12-21(16)35-2/h7-14H,3-6,15H2,1-2H3,(H,31,33). The fourth-order valence-electron chi connectivity index (χ4n) is 4.35. The van der Waals surface area contributed by atoms with Gasteiger partial charge in [-0.3, -0.25) is 14.2 Å². The van der Waals surface area contributed by atoms with Crippen LogP contribution >= 0.6 is 39.0 Å². The topological polar surface area (TPSA) is 94.8 Å². The SMILES string of the molecule is CCOc1ccc(-n2c(SCC(=O)NN=Cc3cc(Br)ccc3OC)nc3sc4c(c3c2=O)CCC4)cc1. The lowest BCUT2D eigenvalue weighted by molar-refractivity contribution is -0.118. The van der Waals surface area contributed by atoms with Crippen LogP contribution < -0.4 is 20.5 Å². The van der Waals surface area contributed by atoms with Gasteiger partial charge in [-0.25, -0.2) is 10.4 Å². The van der Waals surface area contributed by atoms with Crippen LogP contribution in [0.2, 0.25) is 0 Å². The molecule has 11 heteroatoms. The lowest BCUT2D eigenvalue weighted by atomic mass is 10.2. The van der Waals surface area contributed by atoms with E-state index in [0.717, 1.165) is 45.4 Å². The molecule has 196 valence electrons. The normalized spacial score (nSPS) is 12.7. The Morgan fingerprint density at radius 1 is 1.26 bits per heavy atom. The zero-order valence-electron chi connectivity index (χ0n) is 20.8. The number of methoxy groups -OCH3 is 1. The predicted octanol–water partition coefficient (Wildman–Crippen LogP) is 5.35. The molecule has 0 unspecified atom stereocenters. The molecule has 0 saturated carbocycles. The van der Waals surface area contributed by atoms with Crippen molar-refractivity contribution in [2.45, 2.75) is 31.3 Å². The summed E-state index contributed by atoms with van der Waals surface area (Å²) in [5.74, 6) is 1.08. The number of benzene rings is 2. The van der Waals surface area contributed by atoms with Crippen molar-refractivity contribution in [3.63, 3.8) is 0 Å². The number of aryl methyl sites for hydroxylation is 2. The minimum atomic E-state index is -0.318. The molecule has 2 heterocycles. The molecule has 2 aromatic carbocycles. The molecule has 0 aliphatic heterocycles. The van der Waals surface area contributed by atoms with Gasteiger partial charge < -0.3 is 9.47 Å². The molecular weight excluding hydrogens is 588 g/mol. The van der Waals surface area contributed by atoms with Crippen LogP contribution in [-0.2, 0) is 17.6 Å². The molecule has 0 saturated heterocycles. The molecule has 38 heavy (non-hydrogen) atoms. The van der Waals surface area contributed by atoms with Crippen LogP contribution in [0.1, 0.15) is 29.3 Å². The number of carbonyl (C=O) groups excluding carboxylic acids is 1. The zero-order valence-corrected chi connectivity index (χ0v) is 24.0. The van der Waals surface area contributed by atoms with Gasteiger partial charge in [-0.2, -0.15) is 5.10 Å². The number of carbonyl (C=O) groups is 1. The molecule has 8 nitrogen and oxygen atoms in total. The Hall–Kier alpha value is -3.15. The molecule has 1 amide bonds. The second kappa shape index (κ2) is 11.7. The van der Waals surface area contributed by atoms with E-state index >= 15 is 0 Å². The zero-order chi connectivity index (χ0) is 26.6. The van der Waals surface area contributed by atoms with Crippen LogP contribution in [0.4, 0.5) is 0 Å². The lowest BCUT2D eigenvalue weighted by Crippen LogP contribution is -2.24. The minimum Gasteiger partial charge on any atom is -0.496 e. The van der Waals surface area contributed by atoms with E-state index in [2.05, 4.69) is 26.5 Å². The molecule has 2 aromatic heterocycles. The highest BCUT2D eigenvalue weighted by Gasteiger charge is 2.24. The van der Waals surface area contributed by atoms with E-state index in [1.165, 1.54) is 22.9 Å². The maximum atomic E-state index is 13.8. The Bertz CT molecular complexity index is 1580. The number of thioether (sulfide) groups is 1. The molecule has 4 aromatic rings. The number of hydrogen-bond acceptors (Lipinski definition) is 8. The number of amides is 1. The van der Waals surface area contributed by atoms with Crippen molar-refractivity contribution in [1.29, 1.82) is 0 Å². The summed E-state index contributed by atoms with van der Waals surface area (Å²) in [6.07, 6.45) is 4.46. The number of hydrogen-bond donors (Lipinski definition) is 1. The predicted molar refractivity (Wildman–Crippen MR) is 156 cm³/mol. The van der Waals surface area contributed by atoms with Crippen molar-refractivity contribution in [3.05, 3.63) is 73.3 Å². The van der Waals surface area contributed by atoms with E-state index in [1.807, 2.05) is 49.4 Å². The molecule has 1 N–H and O–H groups in total. The van der Waals surface area contributed by atoms with Gasteiger partial charge in [-0.15, -0.1) is 11.3 Å². The first kappa shape index (κ1) is 26.5. The monoisotopic (exact) mass is 612 g/mol. The highest BCUT2D eigenvalue weighted by atomic mass is 79.9. The number of hydrazone groups is 1. The third kappa shape index (κ3) is 5.50. The number of aromatic nitrogens is 2. The van der Waals surface area contributed by atoms with Crippen LogP contribution in [0.15, 0.2) is 62.0 Å². The van der Waals surface area contributed by atoms with E-state index in [0.29, 0.717) is 28.6 Å². The van der Waals surface area contributed by atoms with Crippen molar-refractivity contribution < 1.29 is 14.3 Å². The number of halogens is 1. The van der Waals surface area contributed by atoms with Gasteiger partial charge in [0.05, 0.1) is 36.8 Å². The molecular formula is C27H25BrN4O4S2. The first-order valence-corrected chi connectivity index (χ1v) is 14.7. The fourth-order valence-corrected chi connectivity index (χ4v) is 6.84. The summed E-state index contributed by atoms with van der Waals surface area (Å²) in [4.78, 5) is 33.2. The smallest absolute Gasteiger partial charge is 0.267 e. The van der Waals surface area contributed by atoms with E-state index in [1.54, 1.807) is 23.0 Å². The average Bonchev–Trinajstić information content (AvgIpc) is 3.50. The Labute approximate surface area is 236 Å². The average molecular weight is 614 g/mol. The summed E-state index contributed by atoms with van der Waals surface area (Å²) in [7, 11) is 1.58. The number of ether oxygens (including phenoxy) is 2. The maximum Gasteiger partial charge on any atom is 0.267 e. The first-order chi connectivity index (χ1) is 18.5. The molecule has 1 aliphatic carbocycles. The van der Waals surface area contributed by atoms with Gasteiger partial charge in [0.1, 0.15) is 16.3 Å². The Morgan fingerprint density at radius 3 is 2.84 bits per heavy atom. The molecule has 1 aliphatic rings. The number of fused-ring (bicyclic) bond motifs is 3. The lowest BCUT2D eigenvalue weighted by Gasteiger charge is -2.13. The number of nitrogens with zero attached hydrogens (tertiary/aromatic N) is 3. The van der Waals surface area contributed by atoms with E-state index < -0.39 is 0 Å². The Morgan fingerprint density at radius 2 is 2.08 bits per heavy atom. The number of rotatable bonds is 9. The van der Waals surface area contributed by atoms with E-state index in [-0.39, 0.29) is 17.2 Å². The van der Waals surface area contributed by atoms with E-state index in [4.69, 9.17) is 14.5 Å². The summed E-state index contributed by atoms with van der Waals surface area (Å²) in [5.41, 5.74) is 4.95. The highest BCUT2D eigenvalue weighted by molar-refractivity contribution is 9.10. The van der Waals surface area contributed by atoms with Crippen LogP contribution in [0, 0.1) is 0 Å². The number of thiophene rings is 1. The fraction of sp³-hybridized carbons (Fsp3) is 0.259. The molecule has 0 bridgehead atoms. The van der Waals surface area contributed by atoms with Crippen LogP contribution in [-0.4, -0.2) is 41.1 Å². The number of nitrogens with one attached hydrogen (secondary N) is 1. The van der Waals surface area contributed by atoms with Gasteiger partial charge in [0.25, 0.3) is 11.5 Å². The van der Waals surface area contributed by atoms with Gasteiger partial charge in [-0.1, -0.05) is 27.7 Å². The first-order valence-electron chi connectivity index (χ1n) is 12.1. The Balaban J connectivity index is 1.40. The maximum absolute atomic E-state index is 13.8. The minimum absolute atomic E-state index is 0.0347. The molecule has 0 atom stereocenters. The van der Waals surface area contributed by atoms with Crippen LogP contribution in [0.5, 0.6) is 11.5 Å². The van der Waals surface area contributed by atoms with Crippen molar-refractivity contribution in [2.75, 3.05) is 19.5 Å². The van der Waals surface area contributed by atoms with Crippen LogP contribution in [0.3, 0.4) is 0 Å². The van der Waals surface area contributed by atoms with E-state index in [9.17, 15) is 9.59 Å². The van der Waals surface area contributed by atoms with Gasteiger partial charge in [0.15, 0.2) is 5.16 Å². The van der Waals surface area contributed by atoms with Gasteiger partial charge >= 0.3 is 0 Å². The second-order valence-electron chi connectivity index (χ2n) is 8.47. The summed E-state index contributed by atoms with van der Waals surface area (Å²) >= 11 is 6.20. The van der Waals surface area contributed by atoms with Crippen molar-refractivity contribution >= 4 is 61.4 Å². The van der Waals surface area contributed by atoms with Crippen LogP contribution in [0.25, 0.3) is 15.9 Å². The van der Waals surface area contributed by atoms with Gasteiger partial charge in [-0.05, 0) is 74.2 Å². The highest BCUT2D eigenvalue weighted by Crippen LogP contribution is 2.36. The third-order valence-electron chi connectivity index (χ3n) is 6.03. The largest absolute Gasteiger partial charge is 0.496 e. The summed E-state index contributed by atoms with van der Waals surface area (Å²) in [6.45, 7) is 2.48. The molecule has 0 spiro atoms. The Kier molecular flexibility index (Phi) is 8.15. The molecule has 0 radical (unpaired) electrons.